The van der Waals surface area contributed by atoms with Crippen molar-refractivity contribution in [2.45, 2.75) is 52.1 Å². The molecule has 1 heterocycles. The molecule has 0 spiro atoms. The van der Waals surface area contributed by atoms with Crippen LogP contribution in [0.5, 0.6) is 0 Å². The highest BCUT2D eigenvalue weighted by atomic mass is 15.1. The van der Waals surface area contributed by atoms with Crippen LogP contribution in [0, 0.1) is 5.41 Å². The molecule has 1 aliphatic carbocycles. The summed E-state index contributed by atoms with van der Waals surface area (Å²) in [6.45, 7) is 6.93. The summed E-state index contributed by atoms with van der Waals surface area (Å²) in [4.78, 5) is 0. The van der Waals surface area contributed by atoms with Gasteiger partial charge in [0.2, 0.25) is 0 Å². The summed E-state index contributed by atoms with van der Waals surface area (Å²) in [5, 5.41) is 10.6. The maximum Gasteiger partial charge on any atom is 0.0534 e. The molecule has 2 unspecified atom stereocenters. The summed E-state index contributed by atoms with van der Waals surface area (Å²) in [6, 6.07) is 1.04. The van der Waals surface area contributed by atoms with E-state index in [9.17, 15) is 0 Å². The van der Waals surface area contributed by atoms with Crippen molar-refractivity contribution in [3.63, 3.8) is 0 Å². The van der Waals surface area contributed by atoms with Crippen molar-refractivity contribution in [3.8, 4) is 0 Å². The van der Waals surface area contributed by atoms with Gasteiger partial charge in [-0.3, -0.25) is 5.10 Å². The van der Waals surface area contributed by atoms with Crippen LogP contribution in [0.1, 0.15) is 51.6 Å². The van der Waals surface area contributed by atoms with Gasteiger partial charge >= 0.3 is 0 Å². The summed E-state index contributed by atoms with van der Waals surface area (Å²) in [5.74, 6) is 0. The van der Waals surface area contributed by atoms with Crippen LogP contribution in [0.15, 0.2) is 12.4 Å². The van der Waals surface area contributed by atoms with E-state index in [0.717, 1.165) is 0 Å². The molecule has 0 saturated heterocycles. The second kappa shape index (κ2) is 3.97. The van der Waals surface area contributed by atoms with E-state index in [-0.39, 0.29) is 0 Å². The Morgan fingerprint density at radius 1 is 1.60 bits per heavy atom. The molecule has 1 aromatic heterocycles. The molecule has 1 saturated carbocycles. The Hall–Kier alpha value is -0.830. The average molecular weight is 207 g/mol. The van der Waals surface area contributed by atoms with Crippen molar-refractivity contribution < 1.29 is 0 Å². The monoisotopic (exact) mass is 207 g/mol. The first-order valence-corrected chi connectivity index (χ1v) is 5.84. The lowest BCUT2D eigenvalue weighted by Gasteiger charge is -2.30. The first-order valence-electron chi connectivity index (χ1n) is 5.84. The van der Waals surface area contributed by atoms with Crippen molar-refractivity contribution in [1.29, 1.82) is 0 Å². The van der Waals surface area contributed by atoms with E-state index in [0.29, 0.717) is 17.5 Å². The maximum atomic E-state index is 3.99. The first kappa shape index (κ1) is 10.7. The van der Waals surface area contributed by atoms with Crippen molar-refractivity contribution in [2.24, 2.45) is 5.41 Å². The smallest absolute Gasteiger partial charge is 0.0534 e. The third-order valence-electron chi connectivity index (χ3n) is 3.73. The fourth-order valence-electron chi connectivity index (χ4n) is 2.53. The molecule has 2 N–H and O–H groups in total. The molecule has 0 aromatic carbocycles. The molecular weight excluding hydrogens is 186 g/mol. The van der Waals surface area contributed by atoms with E-state index >= 15 is 0 Å². The number of hydrogen-bond acceptors (Lipinski definition) is 2. The molecule has 0 radical (unpaired) electrons. The predicted molar refractivity (Wildman–Crippen MR) is 61.6 cm³/mol. The van der Waals surface area contributed by atoms with Crippen LogP contribution in [0.25, 0.3) is 0 Å². The van der Waals surface area contributed by atoms with Crippen LogP contribution < -0.4 is 5.32 Å². The van der Waals surface area contributed by atoms with Gasteiger partial charge in [0.1, 0.15) is 0 Å². The van der Waals surface area contributed by atoms with E-state index in [2.05, 4.69) is 36.3 Å². The zero-order valence-electron chi connectivity index (χ0n) is 9.88. The van der Waals surface area contributed by atoms with E-state index in [1.807, 2.05) is 12.4 Å². The van der Waals surface area contributed by atoms with Gasteiger partial charge in [-0.2, -0.15) is 5.10 Å². The van der Waals surface area contributed by atoms with E-state index in [1.54, 1.807) is 0 Å². The number of nitrogens with zero attached hydrogens (tertiary/aromatic N) is 1. The first-order chi connectivity index (χ1) is 7.09. The van der Waals surface area contributed by atoms with Crippen LogP contribution in [-0.4, -0.2) is 16.2 Å². The summed E-state index contributed by atoms with van der Waals surface area (Å²) in [6.07, 6.45) is 7.86. The second-order valence-electron chi connectivity index (χ2n) is 5.35. The SMILES string of the molecule is CC(NC1CCCC1(C)C)c1cn[nH]c1. The molecule has 1 fully saturated rings. The maximum absolute atomic E-state index is 3.99. The number of hydrogen-bond donors (Lipinski definition) is 2. The zero-order chi connectivity index (χ0) is 10.9. The average Bonchev–Trinajstić information content (AvgIpc) is 2.76. The predicted octanol–water partition coefficient (Wildman–Crippen LogP) is 2.64. The van der Waals surface area contributed by atoms with Crippen LogP contribution >= 0.6 is 0 Å². The molecule has 0 amide bonds. The number of aromatic nitrogens is 2. The van der Waals surface area contributed by atoms with Crippen molar-refractivity contribution >= 4 is 0 Å². The molecule has 0 aliphatic heterocycles. The van der Waals surface area contributed by atoms with Gasteiger partial charge in [-0.15, -0.1) is 0 Å². The van der Waals surface area contributed by atoms with Crippen LogP contribution in [0.3, 0.4) is 0 Å². The number of aromatic amines is 1. The highest BCUT2D eigenvalue weighted by Gasteiger charge is 2.34. The largest absolute Gasteiger partial charge is 0.307 e. The molecule has 1 aromatic rings. The lowest BCUT2D eigenvalue weighted by Crippen LogP contribution is -2.39. The summed E-state index contributed by atoms with van der Waals surface area (Å²) in [7, 11) is 0. The normalized spacial score (nSPS) is 26.7. The van der Waals surface area contributed by atoms with E-state index in [4.69, 9.17) is 0 Å². The summed E-state index contributed by atoms with van der Waals surface area (Å²) >= 11 is 0. The van der Waals surface area contributed by atoms with Gasteiger partial charge in [-0.25, -0.2) is 0 Å². The number of H-pyrrole nitrogens is 1. The highest BCUT2D eigenvalue weighted by Crippen LogP contribution is 2.38. The van der Waals surface area contributed by atoms with Gasteiger partial charge < -0.3 is 5.32 Å². The summed E-state index contributed by atoms with van der Waals surface area (Å²) in [5.41, 5.74) is 1.69. The van der Waals surface area contributed by atoms with Gasteiger partial charge in [0, 0.05) is 23.8 Å². The molecule has 1 aliphatic rings. The fourth-order valence-corrected chi connectivity index (χ4v) is 2.53. The van der Waals surface area contributed by atoms with Gasteiger partial charge in [0.05, 0.1) is 6.20 Å². The molecular formula is C12H21N3. The minimum Gasteiger partial charge on any atom is -0.307 e. The Kier molecular flexibility index (Phi) is 2.83. The van der Waals surface area contributed by atoms with Crippen molar-refractivity contribution in [2.75, 3.05) is 0 Å². The molecule has 2 rings (SSSR count). The zero-order valence-corrected chi connectivity index (χ0v) is 9.88. The quantitative estimate of drug-likeness (QED) is 0.800. The van der Waals surface area contributed by atoms with E-state index < -0.39 is 0 Å². The summed E-state index contributed by atoms with van der Waals surface area (Å²) < 4.78 is 0. The Morgan fingerprint density at radius 3 is 2.93 bits per heavy atom. The van der Waals surface area contributed by atoms with Gasteiger partial charge in [0.15, 0.2) is 0 Å². The van der Waals surface area contributed by atoms with Gasteiger partial charge in [0.25, 0.3) is 0 Å². The molecule has 2 atom stereocenters. The van der Waals surface area contributed by atoms with Crippen LogP contribution in [0.2, 0.25) is 0 Å². The third-order valence-corrected chi connectivity index (χ3v) is 3.73. The Bertz CT molecular complexity index is 303. The number of rotatable bonds is 3. The highest BCUT2D eigenvalue weighted by molar-refractivity contribution is 5.09. The minimum absolute atomic E-state index is 0.395. The topological polar surface area (TPSA) is 40.7 Å². The second-order valence-corrected chi connectivity index (χ2v) is 5.35. The molecule has 84 valence electrons. The molecule has 15 heavy (non-hydrogen) atoms. The Balaban J connectivity index is 1.97. The van der Waals surface area contributed by atoms with Crippen LogP contribution in [0.4, 0.5) is 0 Å². The van der Waals surface area contributed by atoms with Gasteiger partial charge in [-0.1, -0.05) is 20.3 Å². The van der Waals surface area contributed by atoms with Gasteiger partial charge in [-0.05, 0) is 25.2 Å². The lowest BCUT2D eigenvalue weighted by molar-refractivity contribution is 0.266. The fraction of sp³-hybridized carbons (Fsp3) is 0.750. The number of nitrogens with one attached hydrogen (secondary N) is 2. The molecule has 0 bridgehead atoms. The lowest BCUT2D eigenvalue weighted by atomic mass is 9.87. The van der Waals surface area contributed by atoms with Crippen molar-refractivity contribution in [1.82, 2.24) is 15.5 Å². The van der Waals surface area contributed by atoms with Crippen LogP contribution in [-0.2, 0) is 0 Å². The van der Waals surface area contributed by atoms with Crippen molar-refractivity contribution in [3.05, 3.63) is 18.0 Å². The third kappa shape index (κ3) is 2.23. The van der Waals surface area contributed by atoms with E-state index in [1.165, 1.54) is 24.8 Å². The molecule has 3 heteroatoms. The Morgan fingerprint density at radius 2 is 2.40 bits per heavy atom. The Labute approximate surface area is 91.7 Å². The minimum atomic E-state index is 0.395. The standard InChI is InChI=1S/C12H21N3/c1-9(10-7-13-14-8-10)15-11-5-4-6-12(11,2)3/h7-9,11,15H,4-6H2,1-3H3,(H,13,14). The molecule has 3 nitrogen and oxygen atoms in total.